The van der Waals surface area contributed by atoms with E-state index in [2.05, 4.69) is 5.32 Å². The Morgan fingerprint density at radius 1 is 0.830 bits per heavy atom. The van der Waals surface area contributed by atoms with Gasteiger partial charge >= 0.3 is 0 Å². The SMILES string of the molecule is CCOc1ccc(S(=O)(=O)N(CC(=O)N(Cc2ccc(Cl)c(Cl)c2)C(Cc2ccccc2)C(=O)NC(C)(C)C)c2ccccc2)cc1. The summed E-state index contributed by atoms with van der Waals surface area (Å²) in [5.41, 5.74) is 1.14. The first-order valence-electron chi connectivity index (χ1n) is 15.2. The average Bonchev–Trinajstić information content (AvgIpc) is 3.03. The first-order chi connectivity index (χ1) is 22.3. The van der Waals surface area contributed by atoms with Gasteiger partial charge < -0.3 is 15.0 Å². The van der Waals surface area contributed by atoms with Gasteiger partial charge in [0.2, 0.25) is 11.8 Å². The lowest BCUT2D eigenvalue weighted by Crippen LogP contribution is -2.56. The number of anilines is 1. The van der Waals surface area contributed by atoms with Crippen LogP contribution in [0.2, 0.25) is 10.0 Å². The number of carbonyl (C=O) groups is 2. The molecule has 4 aromatic carbocycles. The Morgan fingerprint density at radius 2 is 1.45 bits per heavy atom. The molecule has 11 heteroatoms. The summed E-state index contributed by atoms with van der Waals surface area (Å²) in [7, 11) is -4.24. The van der Waals surface area contributed by atoms with Gasteiger partial charge in [-0.2, -0.15) is 0 Å². The van der Waals surface area contributed by atoms with Gasteiger partial charge in [0, 0.05) is 18.5 Å². The molecular weight excluding hydrogens is 657 g/mol. The zero-order chi connectivity index (χ0) is 34.2. The van der Waals surface area contributed by atoms with Crippen LogP contribution in [0.4, 0.5) is 5.69 Å². The smallest absolute Gasteiger partial charge is 0.264 e. The van der Waals surface area contributed by atoms with E-state index in [-0.39, 0.29) is 23.8 Å². The van der Waals surface area contributed by atoms with Crippen LogP contribution >= 0.6 is 23.2 Å². The number of nitrogens with zero attached hydrogens (tertiary/aromatic N) is 2. The first kappa shape index (κ1) is 35.8. The van der Waals surface area contributed by atoms with Crippen LogP contribution in [0.1, 0.15) is 38.8 Å². The molecule has 0 fully saturated rings. The van der Waals surface area contributed by atoms with E-state index >= 15 is 0 Å². The molecule has 0 spiro atoms. The fraction of sp³-hybridized carbons (Fsp3) is 0.278. The summed E-state index contributed by atoms with van der Waals surface area (Å²) >= 11 is 12.5. The standard InChI is InChI=1S/C36H39Cl2N3O5S/c1-5-46-29-17-19-30(20-18-29)47(44,45)41(28-14-10-7-11-15-28)25-34(42)40(24-27-16-21-31(37)32(38)22-27)33(35(43)39-36(2,3)4)23-26-12-8-6-9-13-26/h6-22,33H,5,23-25H2,1-4H3,(H,39,43). The Kier molecular flexibility index (Phi) is 12.0. The summed E-state index contributed by atoms with van der Waals surface area (Å²) in [5.74, 6) is -0.440. The topological polar surface area (TPSA) is 96.0 Å². The molecule has 0 aromatic heterocycles. The van der Waals surface area contributed by atoms with Gasteiger partial charge in [0.15, 0.2) is 0 Å². The van der Waals surface area contributed by atoms with E-state index in [0.29, 0.717) is 33.7 Å². The summed E-state index contributed by atoms with van der Waals surface area (Å²) in [5, 5.41) is 3.65. The normalized spacial score (nSPS) is 12.2. The van der Waals surface area contributed by atoms with Crippen LogP contribution < -0.4 is 14.4 Å². The van der Waals surface area contributed by atoms with E-state index in [1.807, 2.05) is 58.0 Å². The Balaban J connectivity index is 1.80. The second-order valence-corrected chi connectivity index (χ2v) is 14.6. The molecule has 0 saturated carbocycles. The summed E-state index contributed by atoms with van der Waals surface area (Å²) in [6.45, 7) is 7.23. The molecule has 248 valence electrons. The van der Waals surface area contributed by atoms with Crippen molar-refractivity contribution in [2.24, 2.45) is 0 Å². The van der Waals surface area contributed by atoms with E-state index in [0.717, 1.165) is 9.87 Å². The molecule has 0 bridgehead atoms. The first-order valence-corrected chi connectivity index (χ1v) is 17.4. The van der Waals surface area contributed by atoms with Gasteiger partial charge in [-0.05, 0) is 87.4 Å². The number of rotatable bonds is 13. The van der Waals surface area contributed by atoms with E-state index in [4.69, 9.17) is 27.9 Å². The van der Waals surface area contributed by atoms with Crippen LogP contribution in [0.3, 0.4) is 0 Å². The second-order valence-electron chi connectivity index (χ2n) is 12.0. The number of hydrogen-bond acceptors (Lipinski definition) is 5. The predicted octanol–water partition coefficient (Wildman–Crippen LogP) is 7.14. The highest BCUT2D eigenvalue weighted by atomic mass is 35.5. The molecule has 1 atom stereocenters. The van der Waals surface area contributed by atoms with Crippen molar-refractivity contribution in [3.63, 3.8) is 0 Å². The fourth-order valence-corrected chi connectivity index (χ4v) is 6.70. The number of halogens is 2. The molecule has 0 aliphatic carbocycles. The number of ether oxygens (including phenoxy) is 1. The van der Waals surface area contributed by atoms with Crippen LogP contribution in [0, 0.1) is 0 Å². The van der Waals surface area contributed by atoms with E-state index in [1.165, 1.54) is 17.0 Å². The second kappa shape index (κ2) is 15.7. The van der Waals surface area contributed by atoms with Crippen LogP contribution in [-0.4, -0.2) is 49.9 Å². The Morgan fingerprint density at radius 3 is 2.02 bits per heavy atom. The van der Waals surface area contributed by atoms with Gasteiger partial charge in [-0.25, -0.2) is 8.42 Å². The van der Waals surface area contributed by atoms with Crippen molar-refractivity contribution in [1.82, 2.24) is 10.2 Å². The van der Waals surface area contributed by atoms with Gasteiger partial charge in [0.25, 0.3) is 10.0 Å². The molecular formula is C36H39Cl2N3O5S. The zero-order valence-electron chi connectivity index (χ0n) is 26.8. The Labute approximate surface area is 287 Å². The van der Waals surface area contributed by atoms with Crippen molar-refractivity contribution >= 4 is 50.7 Å². The minimum atomic E-state index is -4.24. The lowest BCUT2D eigenvalue weighted by molar-refractivity contribution is -0.140. The van der Waals surface area contributed by atoms with Crippen LogP contribution in [0.25, 0.3) is 0 Å². The fourth-order valence-electron chi connectivity index (χ4n) is 4.97. The highest BCUT2D eigenvalue weighted by molar-refractivity contribution is 7.92. The van der Waals surface area contributed by atoms with E-state index in [9.17, 15) is 18.0 Å². The van der Waals surface area contributed by atoms with Crippen molar-refractivity contribution in [2.75, 3.05) is 17.5 Å². The number of hydrogen-bond donors (Lipinski definition) is 1. The molecule has 0 heterocycles. The van der Waals surface area contributed by atoms with Gasteiger partial charge in [-0.3, -0.25) is 13.9 Å². The van der Waals surface area contributed by atoms with Crippen LogP contribution in [0.15, 0.2) is 108 Å². The number of benzene rings is 4. The minimum absolute atomic E-state index is 0.0139. The average molecular weight is 697 g/mol. The largest absolute Gasteiger partial charge is 0.494 e. The molecule has 4 rings (SSSR count). The molecule has 0 aliphatic rings. The summed E-state index contributed by atoms with van der Waals surface area (Å²) in [6.07, 6.45) is 0.187. The van der Waals surface area contributed by atoms with Gasteiger partial charge in [0.1, 0.15) is 18.3 Å². The maximum atomic E-state index is 14.6. The maximum Gasteiger partial charge on any atom is 0.264 e. The number of carbonyl (C=O) groups excluding carboxylic acids is 2. The van der Waals surface area contributed by atoms with E-state index < -0.39 is 34.1 Å². The van der Waals surface area contributed by atoms with Gasteiger partial charge in [0.05, 0.1) is 27.2 Å². The Bertz CT molecular complexity index is 1760. The zero-order valence-corrected chi connectivity index (χ0v) is 29.1. The summed E-state index contributed by atoms with van der Waals surface area (Å²) in [6, 6.07) is 27.8. The molecule has 1 N–H and O–H groups in total. The lowest BCUT2D eigenvalue weighted by Gasteiger charge is -2.35. The molecule has 4 aromatic rings. The lowest BCUT2D eigenvalue weighted by atomic mass is 10.0. The molecule has 0 radical (unpaired) electrons. The molecule has 47 heavy (non-hydrogen) atoms. The van der Waals surface area contributed by atoms with Gasteiger partial charge in [-0.15, -0.1) is 0 Å². The molecule has 8 nitrogen and oxygen atoms in total. The molecule has 0 aliphatic heterocycles. The third-order valence-electron chi connectivity index (χ3n) is 7.15. The van der Waals surface area contributed by atoms with Crippen LogP contribution in [-0.2, 0) is 32.6 Å². The van der Waals surface area contributed by atoms with Crippen molar-refractivity contribution in [1.29, 1.82) is 0 Å². The number of nitrogens with one attached hydrogen (secondary N) is 1. The van der Waals surface area contributed by atoms with Crippen molar-refractivity contribution in [2.45, 2.75) is 57.1 Å². The number of amides is 2. The monoisotopic (exact) mass is 695 g/mol. The number of sulfonamides is 1. The third kappa shape index (κ3) is 9.73. The number of para-hydroxylation sites is 1. The highest BCUT2D eigenvalue weighted by Gasteiger charge is 2.35. The van der Waals surface area contributed by atoms with Gasteiger partial charge in [-0.1, -0.05) is 77.8 Å². The Hall–Kier alpha value is -4.05. The van der Waals surface area contributed by atoms with E-state index in [1.54, 1.807) is 60.7 Å². The molecule has 0 saturated heterocycles. The van der Waals surface area contributed by atoms with Crippen LogP contribution in [0.5, 0.6) is 5.75 Å². The highest BCUT2D eigenvalue weighted by Crippen LogP contribution is 2.28. The summed E-state index contributed by atoms with van der Waals surface area (Å²) < 4.78 is 34.9. The molecule has 2 amide bonds. The predicted molar refractivity (Wildman–Crippen MR) is 187 cm³/mol. The summed E-state index contributed by atoms with van der Waals surface area (Å²) in [4.78, 5) is 29.9. The quantitative estimate of drug-likeness (QED) is 0.160. The maximum absolute atomic E-state index is 14.6. The third-order valence-corrected chi connectivity index (χ3v) is 9.68. The van der Waals surface area contributed by atoms with Crippen molar-refractivity contribution in [3.05, 3.63) is 124 Å². The minimum Gasteiger partial charge on any atom is -0.494 e. The van der Waals surface area contributed by atoms with Crippen molar-refractivity contribution in [3.8, 4) is 5.75 Å². The van der Waals surface area contributed by atoms with Crippen molar-refractivity contribution < 1.29 is 22.7 Å². The molecule has 1 unspecified atom stereocenters.